The number of allylic oxidation sites excluding steroid dienone is 16. The average Bonchev–Trinajstić information content (AvgIpc) is 2.66. The number of carbonyl (C=O) groups is 2. The van der Waals surface area contributed by atoms with Gasteiger partial charge < -0.3 is 9.84 Å². The highest BCUT2D eigenvalue weighted by Crippen LogP contribution is 2.03. The molecule has 0 radical (unpaired) electrons. The van der Waals surface area contributed by atoms with Crippen molar-refractivity contribution in [3.05, 3.63) is 107 Å². The van der Waals surface area contributed by atoms with Gasteiger partial charge in [-0.15, -0.1) is 0 Å². The minimum Gasteiger partial charge on any atom is -0.478 e. The Bertz CT molecular complexity index is 823. The molecule has 0 heterocycles. The van der Waals surface area contributed by atoms with E-state index >= 15 is 0 Å². The standard InChI is InChI=1S/C25H30O4/c1-20(12-7-13-22(3)16-9-17-25(28)29-5)10-6-11-21(2)14-8-15-23(4)18-19-24(26)27/h6-19H,1-5H3,(H,26,27)/b10-6+,13-7-,14-8+,17-9+,19-18+,20-12-,21-11-,22-16-,23-15+. The molecule has 0 unspecified atom stereocenters. The number of carboxylic acid groups (broad SMARTS) is 1. The van der Waals surface area contributed by atoms with Crippen molar-refractivity contribution in [3.63, 3.8) is 0 Å². The molecule has 0 atom stereocenters. The van der Waals surface area contributed by atoms with Crippen molar-refractivity contribution in [1.29, 1.82) is 0 Å². The van der Waals surface area contributed by atoms with Gasteiger partial charge in [-0.25, -0.2) is 9.59 Å². The summed E-state index contributed by atoms with van der Waals surface area (Å²) in [5.74, 6) is -1.33. The van der Waals surface area contributed by atoms with E-state index in [1.54, 1.807) is 12.2 Å². The smallest absolute Gasteiger partial charge is 0.330 e. The Morgan fingerprint density at radius 3 is 1.28 bits per heavy atom. The second-order valence-corrected chi connectivity index (χ2v) is 6.27. The Kier molecular flexibility index (Phi) is 13.8. The molecule has 0 aromatic rings. The van der Waals surface area contributed by atoms with Crippen LogP contribution in [-0.4, -0.2) is 24.2 Å². The fourth-order valence-corrected chi connectivity index (χ4v) is 1.83. The van der Waals surface area contributed by atoms with E-state index in [-0.39, 0.29) is 5.97 Å². The summed E-state index contributed by atoms with van der Waals surface area (Å²) in [4.78, 5) is 21.4. The summed E-state index contributed by atoms with van der Waals surface area (Å²) in [6, 6.07) is 0. The summed E-state index contributed by atoms with van der Waals surface area (Å²) < 4.78 is 4.52. The first kappa shape index (κ1) is 25.6. The molecular weight excluding hydrogens is 364 g/mol. The second kappa shape index (κ2) is 15.6. The van der Waals surface area contributed by atoms with Crippen molar-refractivity contribution >= 4 is 11.9 Å². The molecule has 4 nitrogen and oxygen atoms in total. The lowest BCUT2D eigenvalue weighted by molar-refractivity contribution is -0.135. The van der Waals surface area contributed by atoms with Crippen molar-refractivity contribution in [1.82, 2.24) is 0 Å². The largest absolute Gasteiger partial charge is 0.478 e. The van der Waals surface area contributed by atoms with Crippen molar-refractivity contribution in [2.75, 3.05) is 7.11 Å². The summed E-state index contributed by atoms with van der Waals surface area (Å²) in [5.41, 5.74) is 4.05. The monoisotopic (exact) mass is 394 g/mol. The molecule has 0 bridgehead atoms. The summed E-state index contributed by atoms with van der Waals surface area (Å²) in [5, 5.41) is 8.58. The number of rotatable bonds is 10. The number of methoxy groups -OCH3 is 1. The molecular formula is C25H30O4. The highest BCUT2D eigenvalue weighted by molar-refractivity contribution is 5.82. The van der Waals surface area contributed by atoms with Crippen LogP contribution in [0.5, 0.6) is 0 Å². The molecule has 0 aromatic carbocycles. The predicted molar refractivity (Wildman–Crippen MR) is 120 cm³/mol. The van der Waals surface area contributed by atoms with Gasteiger partial charge in [0.2, 0.25) is 0 Å². The molecule has 0 spiro atoms. The van der Waals surface area contributed by atoms with Crippen molar-refractivity contribution in [3.8, 4) is 0 Å². The molecule has 1 N–H and O–H groups in total. The van der Waals surface area contributed by atoms with Crippen LogP contribution in [-0.2, 0) is 14.3 Å². The molecule has 0 aliphatic carbocycles. The fourth-order valence-electron chi connectivity index (χ4n) is 1.83. The van der Waals surface area contributed by atoms with Crippen LogP contribution in [0.15, 0.2) is 107 Å². The van der Waals surface area contributed by atoms with Crippen molar-refractivity contribution in [2.45, 2.75) is 27.7 Å². The Morgan fingerprint density at radius 2 is 0.931 bits per heavy atom. The van der Waals surface area contributed by atoms with Gasteiger partial charge in [0.15, 0.2) is 0 Å². The maximum atomic E-state index is 11.0. The summed E-state index contributed by atoms with van der Waals surface area (Å²) in [6.07, 6.45) is 25.1. The van der Waals surface area contributed by atoms with Crippen molar-refractivity contribution < 1.29 is 19.4 Å². The quantitative estimate of drug-likeness (QED) is 0.288. The number of carboxylic acids is 1. The van der Waals surface area contributed by atoms with E-state index in [0.29, 0.717) is 0 Å². The highest BCUT2D eigenvalue weighted by Gasteiger charge is 1.88. The Hall–Kier alpha value is -3.40. The topological polar surface area (TPSA) is 63.6 Å². The van der Waals surface area contributed by atoms with Gasteiger partial charge in [-0.05, 0) is 27.7 Å². The van der Waals surface area contributed by atoms with Crippen LogP contribution in [0.3, 0.4) is 0 Å². The first-order chi connectivity index (χ1) is 13.7. The molecule has 0 saturated carbocycles. The van der Waals surface area contributed by atoms with Crippen LogP contribution in [0.4, 0.5) is 0 Å². The first-order valence-corrected chi connectivity index (χ1v) is 9.13. The third-order valence-electron chi connectivity index (χ3n) is 3.44. The van der Waals surface area contributed by atoms with Gasteiger partial charge in [0.05, 0.1) is 7.11 Å². The van der Waals surface area contributed by atoms with Crippen LogP contribution in [0.25, 0.3) is 0 Å². The van der Waals surface area contributed by atoms with Crippen LogP contribution < -0.4 is 0 Å². The van der Waals surface area contributed by atoms with Crippen LogP contribution in [0.2, 0.25) is 0 Å². The van der Waals surface area contributed by atoms with Crippen LogP contribution in [0, 0.1) is 0 Å². The SMILES string of the molecule is COC(=O)/C=C/C=C(C)\C=C/C=C(C)\C=C\C=C(C)/C=C/C=C(C)/C=C/C(=O)O. The van der Waals surface area contributed by atoms with Crippen LogP contribution >= 0.6 is 0 Å². The molecule has 4 heteroatoms. The zero-order valence-corrected chi connectivity index (χ0v) is 17.8. The van der Waals surface area contributed by atoms with Gasteiger partial charge in [0.25, 0.3) is 0 Å². The highest BCUT2D eigenvalue weighted by atomic mass is 16.5. The van der Waals surface area contributed by atoms with E-state index in [4.69, 9.17) is 5.11 Å². The Balaban J connectivity index is 4.69. The van der Waals surface area contributed by atoms with Crippen molar-refractivity contribution in [2.24, 2.45) is 0 Å². The fraction of sp³-hybridized carbons (Fsp3) is 0.200. The summed E-state index contributed by atoms with van der Waals surface area (Å²) in [6.45, 7) is 7.79. The number of hydrogen-bond donors (Lipinski definition) is 1. The van der Waals surface area contributed by atoms with E-state index in [2.05, 4.69) is 4.74 Å². The Labute approximate surface area is 174 Å². The van der Waals surface area contributed by atoms with Gasteiger partial charge in [0, 0.05) is 12.2 Å². The molecule has 0 fully saturated rings. The molecule has 154 valence electrons. The summed E-state index contributed by atoms with van der Waals surface area (Å²) in [7, 11) is 1.35. The van der Waals surface area contributed by atoms with E-state index in [1.807, 2.05) is 88.5 Å². The number of hydrogen-bond acceptors (Lipinski definition) is 3. The lowest BCUT2D eigenvalue weighted by Gasteiger charge is -1.91. The molecule has 0 saturated heterocycles. The van der Waals surface area contributed by atoms with Gasteiger partial charge >= 0.3 is 11.9 Å². The molecule has 0 aliphatic heterocycles. The van der Waals surface area contributed by atoms with Gasteiger partial charge in [-0.2, -0.15) is 0 Å². The Morgan fingerprint density at radius 1 is 0.586 bits per heavy atom. The zero-order valence-electron chi connectivity index (χ0n) is 17.8. The number of aliphatic carboxylic acids is 1. The maximum absolute atomic E-state index is 11.0. The van der Waals surface area contributed by atoms with Gasteiger partial charge in [0.1, 0.15) is 0 Å². The maximum Gasteiger partial charge on any atom is 0.330 e. The second-order valence-electron chi connectivity index (χ2n) is 6.27. The van der Waals surface area contributed by atoms with Crippen LogP contribution in [0.1, 0.15) is 27.7 Å². The molecule has 29 heavy (non-hydrogen) atoms. The van der Waals surface area contributed by atoms with Gasteiger partial charge in [-0.1, -0.05) is 95.2 Å². The summed E-state index contributed by atoms with van der Waals surface area (Å²) >= 11 is 0. The molecule has 0 amide bonds. The molecule has 0 aromatic heterocycles. The number of ether oxygens (including phenoxy) is 1. The van der Waals surface area contributed by atoms with E-state index < -0.39 is 5.97 Å². The minimum absolute atomic E-state index is 0.377. The number of esters is 1. The van der Waals surface area contributed by atoms with E-state index in [0.717, 1.165) is 28.4 Å². The lowest BCUT2D eigenvalue weighted by atomic mass is 10.2. The first-order valence-electron chi connectivity index (χ1n) is 9.13. The zero-order chi connectivity index (χ0) is 22.1. The minimum atomic E-state index is -0.956. The van der Waals surface area contributed by atoms with E-state index in [9.17, 15) is 9.59 Å². The molecule has 0 aliphatic rings. The normalized spacial score (nSPS) is 14.9. The molecule has 0 rings (SSSR count). The van der Waals surface area contributed by atoms with Gasteiger partial charge in [-0.3, -0.25) is 0 Å². The third kappa shape index (κ3) is 16.5. The average molecular weight is 395 g/mol. The lowest BCUT2D eigenvalue weighted by Crippen LogP contribution is -1.92. The number of carbonyl (C=O) groups excluding carboxylic acids is 1. The van der Waals surface area contributed by atoms with E-state index in [1.165, 1.54) is 13.2 Å². The predicted octanol–water partition coefficient (Wildman–Crippen LogP) is 5.81. The third-order valence-corrected chi connectivity index (χ3v) is 3.44.